The van der Waals surface area contributed by atoms with Crippen LogP contribution in [0.15, 0.2) is 66.7 Å². The predicted octanol–water partition coefficient (Wildman–Crippen LogP) is 5.73. The van der Waals surface area contributed by atoms with E-state index in [1.165, 1.54) is 24.8 Å². The summed E-state index contributed by atoms with van der Waals surface area (Å²) in [5.74, 6) is 2.85. The minimum absolute atomic E-state index is 0.662. The van der Waals surface area contributed by atoms with Crippen LogP contribution in [-0.2, 0) is 0 Å². The van der Waals surface area contributed by atoms with E-state index in [1.807, 2.05) is 0 Å². The quantitative estimate of drug-likeness (QED) is 0.661. The first kappa shape index (κ1) is 13.8. The van der Waals surface area contributed by atoms with Crippen LogP contribution in [0, 0.1) is 17.9 Å². The molecule has 0 heteroatoms. The molecule has 4 unspecified atom stereocenters. The largest absolute Gasteiger partial charge is 0.0770 e. The highest BCUT2D eigenvalue weighted by molar-refractivity contribution is 5.28. The van der Waals surface area contributed by atoms with Crippen molar-refractivity contribution in [3.8, 4) is 0 Å². The van der Waals surface area contributed by atoms with Crippen LogP contribution < -0.4 is 0 Å². The lowest BCUT2D eigenvalue weighted by atomic mass is 9.60. The summed E-state index contributed by atoms with van der Waals surface area (Å²) in [6.07, 6.45) is 11.0. The molecule has 2 aliphatic carbocycles. The van der Waals surface area contributed by atoms with Crippen molar-refractivity contribution in [1.82, 2.24) is 0 Å². The van der Waals surface area contributed by atoms with Gasteiger partial charge in [0.1, 0.15) is 0 Å². The Kier molecular flexibility index (Phi) is 3.84. The second kappa shape index (κ2) is 6.12. The fourth-order valence-electron chi connectivity index (χ4n) is 4.64. The van der Waals surface area contributed by atoms with Crippen LogP contribution in [0.1, 0.15) is 48.6 Å². The zero-order valence-corrected chi connectivity index (χ0v) is 13.0. The Morgan fingerprint density at radius 3 is 1.95 bits per heavy atom. The van der Waals surface area contributed by atoms with Gasteiger partial charge in [-0.15, -0.1) is 0 Å². The molecule has 0 spiro atoms. The normalized spacial score (nSPS) is 30.7. The molecular weight excluding hydrogens is 264 g/mol. The summed E-state index contributed by atoms with van der Waals surface area (Å²) in [6.45, 7) is 0. The van der Waals surface area contributed by atoms with Crippen LogP contribution >= 0.6 is 0 Å². The molecule has 0 amide bonds. The Balaban J connectivity index is 1.66. The highest BCUT2D eigenvalue weighted by atomic mass is 14.4. The molecule has 1 fully saturated rings. The van der Waals surface area contributed by atoms with Gasteiger partial charge in [0.25, 0.3) is 0 Å². The smallest absolute Gasteiger partial charge is 0.00957 e. The van der Waals surface area contributed by atoms with Gasteiger partial charge in [0.15, 0.2) is 0 Å². The molecule has 0 N–H and O–H groups in total. The summed E-state index contributed by atoms with van der Waals surface area (Å²) in [5.41, 5.74) is 3.06. The van der Waals surface area contributed by atoms with Crippen molar-refractivity contribution < 1.29 is 0 Å². The van der Waals surface area contributed by atoms with E-state index in [0.29, 0.717) is 11.8 Å². The molecular formula is C22H23. The van der Waals surface area contributed by atoms with Crippen LogP contribution in [0.25, 0.3) is 0 Å². The molecule has 0 saturated heterocycles. The lowest BCUT2D eigenvalue weighted by Gasteiger charge is -2.44. The molecule has 1 saturated carbocycles. The molecule has 111 valence electrons. The lowest BCUT2D eigenvalue weighted by Crippen LogP contribution is -2.33. The van der Waals surface area contributed by atoms with Gasteiger partial charge in [-0.3, -0.25) is 0 Å². The fourth-order valence-corrected chi connectivity index (χ4v) is 4.64. The Labute approximate surface area is 133 Å². The van der Waals surface area contributed by atoms with Crippen molar-refractivity contribution in [3.05, 3.63) is 83.9 Å². The maximum Gasteiger partial charge on any atom is -0.00957 e. The minimum atomic E-state index is 0.662. The summed E-state index contributed by atoms with van der Waals surface area (Å²) < 4.78 is 0. The predicted molar refractivity (Wildman–Crippen MR) is 91.6 cm³/mol. The van der Waals surface area contributed by atoms with Crippen molar-refractivity contribution in [2.45, 2.75) is 37.5 Å². The summed E-state index contributed by atoms with van der Waals surface area (Å²) in [7, 11) is 0. The van der Waals surface area contributed by atoms with Gasteiger partial charge >= 0.3 is 0 Å². The average Bonchev–Trinajstić information content (AvgIpc) is 2.62. The molecule has 4 rings (SSSR count). The van der Waals surface area contributed by atoms with E-state index in [2.05, 4.69) is 72.8 Å². The summed E-state index contributed by atoms with van der Waals surface area (Å²) in [6, 6.07) is 22.3. The molecule has 0 aromatic heterocycles. The summed E-state index contributed by atoms with van der Waals surface area (Å²) >= 11 is 0. The first-order valence-corrected chi connectivity index (χ1v) is 8.60. The lowest BCUT2D eigenvalue weighted by molar-refractivity contribution is 0.191. The van der Waals surface area contributed by atoms with Gasteiger partial charge in [-0.2, -0.15) is 0 Å². The van der Waals surface area contributed by atoms with Gasteiger partial charge < -0.3 is 0 Å². The molecule has 4 atom stereocenters. The molecule has 0 heterocycles. The van der Waals surface area contributed by atoms with Gasteiger partial charge in [0.05, 0.1) is 0 Å². The zero-order valence-electron chi connectivity index (χ0n) is 13.0. The first-order chi connectivity index (χ1) is 10.9. The number of rotatable bonds is 2. The summed E-state index contributed by atoms with van der Waals surface area (Å²) in [5, 5.41) is 0. The molecule has 2 aliphatic rings. The maximum atomic E-state index is 3.53. The van der Waals surface area contributed by atoms with E-state index in [-0.39, 0.29) is 0 Å². The molecule has 0 aliphatic heterocycles. The maximum absolute atomic E-state index is 3.53. The topological polar surface area (TPSA) is 0 Å². The number of hydrogen-bond donors (Lipinski definition) is 0. The SMILES string of the molecule is [C]1=CC2C(c3ccccc3)CCC(c3ccccc3)C2CC1. The van der Waals surface area contributed by atoms with Crippen molar-refractivity contribution in [2.24, 2.45) is 11.8 Å². The van der Waals surface area contributed by atoms with E-state index in [1.54, 1.807) is 5.56 Å². The molecule has 22 heavy (non-hydrogen) atoms. The molecule has 2 aromatic carbocycles. The van der Waals surface area contributed by atoms with E-state index < -0.39 is 0 Å². The first-order valence-electron chi connectivity index (χ1n) is 8.60. The van der Waals surface area contributed by atoms with Crippen LogP contribution in [0.5, 0.6) is 0 Å². The van der Waals surface area contributed by atoms with Crippen molar-refractivity contribution in [2.75, 3.05) is 0 Å². The van der Waals surface area contributed by atoms with Crippen molar-refractivity contribution in [3.63, 3.8) is 0 Å². The van der Waals surface area contributed by atoms with E-state index in [4.69, 9.17) is 0 Å². The molecule has 0 bridgehead atoms. The zero-order chi connectivity index (χ0) is 14.8. The highest BCUT2D eigenvalue weighted by Crippen LogP contribution is 2.51. The molecule has 1 radical (unpaired) electrons. The van der Waals surface area contributed by atoms with E-state index >= 15 is 0 Å². The second-order valence-corrected chi connectivity index (χ2v) is 6.76. The van der Waals surface area contributed by atoms with Crippen molar-refractivity contribution in [1.29, 1.82) is 0 Å². The Hall–Kier alpha value is -1.82. The minimum Gasteiger partial charge on any atom is -0.0770 e. The van der Waals surface area contributed by atoms with E-state index in [0.717, 1.165) is 18.3 Å². The van der Waals surface area contributed by atoms with Crippen LogP contribution in [0.2, 0.25) is 0 Å². The number of allylic oxidation sites excluding steroid dienone is 2. The second-order valence-electron chi connectivity index (χ2n) is 6.76. The average molecular weight is 287 g/mol. The fraction of sp³-hybridized carbons (Fsp3) is 0.364. The van der Waals surface area contributed by atoms with Gasteiger partial charge in [-0.1, -0.05) is 66.7 Å². The van der Waals surface area contributed by atoms with Gasteiger partial charge in [-0.25, -0.2) is 0 Å². The Bertz CT molecular complexity index is 626. The monoisotopic (exact) mass is 287 g/mol. The van der Waals surface area contributed by atoms with Crippen molar-refractivity contribution >= 4 is 0 Å². The van der Waals surface area contributed by atoms with Crippen LogP contribution in [0.3, 0.4) is 0 Å². The van der Waals surface area contributed by atoms with Gasteiger partial charge in [0, 0.05) is 0 Å². The Morgan fingerprint density at radius 2 is 1.27 bits per heavy atom. The highest BCUT2D eigenvalue weighted by Gasteiger charge is 2.39. The summed E-state index contributed by atoms with van der Waals surface area (Å²) in [4.78, 5) is 0. The number of hydrogen-bond acceptors (Lipinski definition) is 0. The number of fused-ring (bicyclic) bond motifs is 1. The standard InChI is InChI=1S/C22H23/c1-3-9-17(10-4-1)19-15-16-20(18-11-5-2-6-12-18)22-14-8-7-13-21(19)22/h1-6,9-12,14,19-22H,7,13,15-16H2. The third-order valence-corrected chi connectivity index (χ3v) is 5.65. The van der Waals surface area contributed by atoms with Gasteiger partial charge in [0.2, 0.25) is 0 Å². The Morgan fingerprint density at radius 1 is 0.682 bits per heavy atom. The third-order valence-electron chi connectivity index (χ3n) is 5.65. The molecule has 2 aromatic rings. The molecule has 0 nitrogen and oxygen atoms in total. The van der Waals surface area contributed by atoms with Gasteiger partial charge in [-0.05, 0) is 66.6 Å². The third kappa shape index (κ3) is 2.52. The van der Waals surface area contributed by atoms with E-state index in [9.17, 15) is 0 Å². The van der Waals surface area contributed by atoms with Crippen LogP contribution in [0.4, 0.5) is 0 Å². The van der Waals surface area contributed by atoms with Crippen LogP contribution in [-0.4, -0.2) is 0 Å². The number of benzene rings is 2.